The minimum absolute atomic E-state index is 0.104. The number of nitrogens with one attached hydrogen (secondary N) is 1. The number of hydrogen-bond acceptors (Lipinski definition) is 3. The number of H-pyrrole nitrogens is 1. The van der Waals surface area contributed by atoms with Crippen LogP contribution in [0.5, 0.6) is 0 Å². The van der Waals surface area contributed by atoms with Crippen LogP contribution in [-0.2, 0) is 0 Å². The summed E-state index contributed by atoms with van der Waals surface area (Å²) in [6.45, 7) is 2.03. The van der Waals surface area contributed by atoms with Gasteiger partial charge in [0.05, 0.1) is 26.8 Å². The second kappa shape index (κ2) is 4.44. The molecule has 0 amide bonds. The highest BCUT2D eigenvalue weighted by molar-refractivity contribution is 7.19. The largest absolute Gasteiger partial charge is 0.289 e. The summed E-state index contributed by atoms with van der Waals surface area (Å²) in [5, 5.41) is 4.42. The van der Waals surface area contributed by atoms with Crippen molar-refractivity contribution in [1.82, 2.24) is 14.8 Å². The third kappa shape index (κ3) is 1.89. The van der Waals surface area contributed by atoms with Crippen LogP contribution < -0.4 is 5.56 Å². The smallest absolute Gasteiger partial charge is 0.280 e. The number of aryl methyl sites for hydroxylation is 1. The summed E-state index contributed by atoms with van der Waals surface area (Å²) in [4.78, 5) is 18.1. The van der Waals surface area contributed by atoms with E-state index in [0.717, 1.165) is 21.4 Å². The molecule has 0 radical (unpaired) electrons. The molecule has 0 spiro atoms. The molecule has 4 nitrogen and oxygen atoms in total. The number of halogens is 1. The van der Waals surface area contributed by atoms with E-state index in [1.54, 1.807) is 29.7 Å². The van der Waals surface area contributed by atoms with Gasteiger partial charge in [0.15, 0.2) is 0 Å². The summed E-state index contributed by atoms with van der Waals surface area (Å²) < 4.78 is 2.53. The van der Waals surface area contributed by atoms with Gasteiger partial charge in [0.2, 0.25) is 0 Å². The molecule has 6 heteroatoms. The van der Waals surface area contributed by atoms with E-state index >= 15 is 0 Å². The summed E-state index contributed by atoms with van der Waals surface area (Å²) in [5.41, 5.74) is 2.39. The molecule has 0 aliphatic heterocycles. The number of nitrogens with zero attached hydrogens (tertiary/aromatic N) is 2. The molecule has 0 saturated heterocycles. The van der Waals surface area contributed by atoms with Crippen molar-refractivity contribution >= 4 is 44.1 Å². The minimum atomic E-state index is -0.104. The normalized spacial score (nSPS) is 11.5. The van der Waals surface area contributed by atoms with Gasteiger partial charge in [0.1, 0.15) is 0 Å². The molecule has 0 atom stereocenters. The first-order chi connectivity index (χ1) is 10.1. The fourth-order valence-corrected chi connectivity index (χ4v) is 3.52. The molecule has 21 heavy (non-hydrogen) atoms. The number of aromatic nitrogens is 3. The van der Waals surface area contributed by atoms with E-state index in [2.05, 4.69) is 10.1 Å². The Hall–Kier alpha value is -2.11. The fraction of sp³-hybridized carbons (Fsp3) is 0.0667. The van der Waals surface area contributed by atoms with Crippen molar-refractivity contribution in [2.75, 3.05) is 0 Å². The Bertz CT molecular complexity index is 1030. The van der Waals surface area contributed by atoms with Gasteiger partial charge in [-0.25, -0.2) is 4.68 Å². The Morgan fingerprint density at radius 2 is 2.05 bits per heavy atom. The van der Waals surface area contributed by atoms with Crippen LogP contribution >= 0.6 is 22.9 Å². The maximum atomic E-state index is 12.5. The third-order valence-corrected chi connectivity index (χ3v) is 4.72. The summed E-state index contributed by atoms with van der Waals surface area (Å²) >= 11 is 7.53. The number of thiophene rings is 1. The van der Waals surface area contributed by atoms with Crippen LogP contribution in [0, 0.1) is 6.92 Å². The number of aromatic amines is 1. The fourth-order valence-electron chi connectivity index (χ4n) is 2.42. The van der Waals surface area contributed by atoms with Gasteiger partial charge in [-0.05, 0) is 37.3 Å². The molecule has 4 aromatic rings. The highest BCUT2D eigenvalue weighted by Gasteiger charge is 2.13. The molecule has 0 unspecified atom stereocenters. The first kappa shape index (κ1) is 12.6. The molecular weight excluding hydrogens is 306 g/mol. The molecule has 0 aliphatic rings. The average molecular weight is 316 g/mol. The van der Waals surface area contributed by atoms with E-state index in [1.165, 1.54) is 9.56 Å². The van der Waals surface area contributed by atoms with E-state index in [9.17, 15) is 4.79 Å². The number of benzene rings is 1. The zero-order valence-corrected chi connectivity index (χ0v) is 12.6. The van der Waals surface area contributed by atoms with Crippen molar-refractivity contribution in [3.63, 3.8) is 0 Å². The Morgan fingerprint density at radius 3 is 2.81 bits per heavy atom. The Balaban J connectivity index is 2.07. The first-order valence-corrected chi connectivity index (χ1v) is 7.59. The molecule has 3 aromatic heterocycles. The second-order valence-corrected chi connectivity index (χ2v) is 6.54. The summed E-state index contributed by atoms with van der Waals surface area (Å²) in [7, 11) is 0. The van der Waals surface area contributed by atoms with Crippen molar-refractivity contribution in [2.24, 2.45) is 0 Å². The average Bonchev–Trinajstić information content (AvgIpc) is 3.00. The number of hydrogen-bond donors (Lipinski definition) is 1. The Morgan fingerprint density at radius 1 is 1.29 bits per heavy atom. The topological polar surface area (TPSA) is 50.7 Å². The molecular formula is C15H10ClN3OS. The van der Waals surface area contributed by atoms with Gasteiger partial charge in [-0.3, -0.25) is 14.9 Å². The molecule has 1 aromatic carbocycles. The number of pyridine rings is 1. The van der Waals surface area contributed by atoms with Crippen LogP contribution in [0.4, 0.5) is 0 Å². The van der Waals surface area contributed by atoms with Crippen molar-refractivity contribution in [1.29, 1.82) is 0 Å². The Kier molecular flexibility index (Phi) is 2.67. The zero-order valence-electron chi connectivity index (χ0n) is 11.1. The molecule has 1 N–H and O–H groups in total. The molecule has 0 fully saturated rings. The molecule has 4 rings (SSSR count). The highest BCUT2D eigenvalue weighted by Crippen LogP contribution is 2.28. The van der Waals surface area contributed by atoms with Crippen molar-refractivity contribution in [2.45, 2.75) is 6.92 Å². The third-order valence-electron chi connectivity index (χ3n) is 3.41. The summed E-state index contributed by atoms with van der Waals surface area (Å²) in [6.07, 6.45) is 1.63. The highest BCUT2D eigenvalue weighted by atomic mass is 35.5. The molecule has 0 aliphatic carbocycles. The predicted molar refractivity (Wildman–Crippen MR) is 86.8 cm³/mol. The van der Waals surface area contributed by atoms with Crippen molar-refractivity contribution < 1.29 is 0 Å². The van der Waals surface area contributed by atoms with Crippen molar-refractivity contribution in [3.05, 3.63) is 56.8 Å². The number of fused-ring (bicyclic) bond motifs is 3. The van der Waals surface area contributed by atoms with Gasteiger partial charge in [-0.1, -0.05) is 11.6 Å². The van der Waals surface area contributed by atoms with Gasteiger partial charge in [-0.15, -0.1) is 11.3 Å². The molecule has 3 heterocycles. The zero-order chi connectivity index (χ0) is 14.6. The van der Waals surface area contributed by atoms with E-state index in [4.69, 9.17) is 11.6 Å². The first-order valence-electron chi connectivity index (χ1n) is 6.39. The standard InChI is InChI=1S/C15H10ClN3OS/c1-8-6-12-14(21-8)13-11(7-17-12)15(20)19(18-13)10-4-2-9(16)3-5-10/h2-7,18H,1H3. The maximum absolute atomic E-state index is 12.5. The SMILES string of the molecule is Cc1cc2ncc3c(=O)n(-c4ccc(Cl)cc4)[nH]c3c2s1. The Labute approximate surface area is 128 Å². The van der Waals surface area contributed by atoms with Gasteiger partial charge < -0.3 is 0 Å². The lowest BCUT2D eigenvalue weighted by Crippen LogP contribution is -2.13. The van der Waals surface area contributed by atoms with E-state index in [0.29, 0.717) is 10.4 Å². The van der Waals surface area contributed by atoms with Gasteiger partial charge in [0.25, 0.3) is 5.56 Å². The van der Waals surface area contributed by atoms with Gasteiger partial charge in [0, 0.05) is 16.1 Å². The van der Waals surface area contributed by atoms with Crippen LogP contribution in [0.15, 0.2) is 41.3 Å². The van der Waals surface area contributed by atoms with Crippen LogP contribution in [0.1, 0.15) is 4.88 Å². The van der Waals surface area contributed by atoms with Gasteiger partial charge >= 0.3 is 0 Å². The van der Waals surface area contributed by atoms with Crippen LogP contribution in [0.3, 0.4) is 0 Å². The van der Waals surface area contributed by atoms with Crippen LogP contribution in [-0.4, -0.2) is 14.8 Å². The lowest BCUT2D eigenvalue weighted by Gasteiger charge is -2.00. The van der Waals surface area contributed by atoms with Crippen LogP contribution in [0.2, 0.25) is 5.02 Å². The van der Waals surface area contributed by atoms with E-state index in [1.807, 2.05) is 25.1 Å². The molecule has 0 bridgehead atoms. The van der Waals surface area contributed by atoms with E-state index in [-0.39, 0.29) is 5.56 Å². The van der Waals surface area contributed by atoms with Crippen LogP contribution in [0.25, 0.3) is 26.8 Å². The quantitative estimate of drug-likeness (QED) is 0.579. The van der Waals surface area contributed by atoms with E-state index < -0.39 is 0 Å². The predicted octanol–water partition coefficient (Wildman–Crippen LogP) is 3.89. The lowest BCUT2D eigenvalue weighted by atomic mass is 10.3. The molecule has 0 saturated carbocycles. The summed E-state index contributed by atoms with van der Waals surface area (Å²) in [5.74, 6) is 0. The molecule has 104 valence electrons. The minimum Gasteiger partial charge on any atom is -0.289 e. The van der Waals surface area contributed by atoms with Crippen molar-refractivity contribution in [3.8, 4) is 5.69 Å². The summed E-state index contributed by atoms with van der Waals surface area (Å²) in [6, 6.07) is 9.17. The monoisotopic (exact) mass is 315 g/mol. The maximum Gasteiger partial charge on any atom is 0.280 e. The van der Waals surface area contributed by atoms with Gasteiger partial charge in [-0.2, -0.15) is 0 Å². The lowest BCUT2D eigenvalue weighted by molar-refractivity contribution is 0.865. The second-order valence-electron chi connectivity index (χ2n) is 4.85. The number of rotatable bonds is 1.